The van der Waals surface area contributed by atoms with Gasteiger partial charge in [0.1, 0.15) is 12.4 Å². The molecule has 1 heterocycles. The SMILES string of the molecule is Cc1ccc(NC(=O)Nc2ccc(OCCN3CCOCC3)cc2)cc1C. The van der Waals surface area contributed by atoms with Crippen LogP contribution >= 0.6 is 0 Å². The highest BCUT2D eigenvalue weighted by molar-refractivity contribution is 5.99. The van der Waals surface area contributed by atoms with Gasteiger partial charge in [0.25, 0.3) is 0 Å². The van der Waals surface area contributed by atoms with Crippen molar-refractivity contribution in [2.45, 2.75) is 13.8 Å². The van der Waals surface area contributed by atoms with Gasteiger partial charge in [-0.3, -0.25) is 4.90 Å². The van der Waals surface area contributed by atoms with Crippen molar-refractivity contribution in [1.82, 2.24) is 4.90 Å². The van der Waals surface area contributed by atoms with Crippen LogP contribution in [0.2, 0.25) is 0 Å². The number of rotatable bonds is 6. The molecule has 0 saturated carbocycles. The summed E-state index contributed by atoms with van der Waals surface area (Å²) in [5, 5.41) is 5.68. The smallest absolute Gasteiger partial charge is 0.323 e. The molecule has 6 heteroatoms. The summed E-state index contributed by atoms with van der Waals surface area (Å²) in [7, 11) is 0. The summed E-state index contributed by atoms with van der Waals surface area (Å²) < 4.78 is 11.1. The first kappa shape index (κ1) is 19.2. The molecule has 2 aromatic carbocycles. The lowest BCUT2D eigenvalue weighted by atomic mass is 10.1. The molecule has 0 aliphatic carbocycles. The van der Waals surface area contributed by atoms with Crippen LogP contribution in [-0.4, -0.2) is 50.4 Å². The third-order valence-electron chi connectivity index (χ3n) is 4.66. The van der Waals surface area contributed by atoms with E-state index in [4.69, 9.17) is 9.47 Å². The van der Waals surface area contributed by atoms with Crippen molar-refractivity contribution in [2.75, 3.05) is 50.1 Å². The Balaban J connectivity index is 1.43. The molecule has 1 aliphatic rings. The molecule has 0 atom stereocenters. The molecule has 2 aromatic rings. The summed E-state index contributed by atoms with van der Waals surface area (Å²) in [6, 6.07) is 13.0. The summed E-state index contributed by atoms with van der Waals surface area (Å²) >= 11 is 0. The molecule has 0 bridgehead atoms. The Labute approximate surface area is 160 Å². The number of urea groups is 1. The number of nitrogens with one attached hydrogen (secondary N) is 2. The minimum Gasteiger partial charge on any atom is -0.492 e. The Morgan fingerprint density at radius 3 is 2.37 bits per heavy atom. The maximum Gasteiger partial charge on any atom is 0.323 e. The molecule has 2 amide bonds. The van der Waals surface area contributed by atoms with Gasteiger partial charge in [0.2, 0.25) is 0 Å². The monoisotopic (exact) mass is 369 g/mol. The van der Waals surface area contributed by atoms with Crippen molar-refractivity contribution in [2.24, 2.45) is 0 Å². The number of amides is 2. The van der Waals surface area contributed by atoms with Crippen LogP contribution < -0.4 is 15.4 Å². The highest BCUT2D eigenvalue weighted by atomic mass is 16.5. The fraction of sp³-hybridized carbons (Fsp3) is 0.381. The van der Waals surface area contributed by atoms with Crippen molar-refractivity contribution in [3.8, 4) is 5.75 Å². The Bertz CT molecular complexity index is 756. The van der Waals surface area contributed by atoms with Crippen LogP contribution in [0.25, 0.3) is 0 Å². The van der Waals surface area contributed by atoms with Gasteiger partial charge in [-0.25, -0.2) is 4.79 Å². The number of carbonyl (C=O) groups excluding carboxylic acids is 1. The molecule has 0 unspecified atom stereocenters. The van der Waals surface area contributed by atoms with Gasteiger partial charge in [-0.05, 0) is 61.4 Å². The van der Waals surface area contributed by atoms with Crippen molar-refractivity contribution >= 4 is 17.4 Å². The standard InChI is InChI=1S/C21H27N3O3/c1-16-3-4-19(15-17(16)2)23-21(25)22-18-5-7-20(8-6-18)27-14-11-24-9-12-26-13-10-24/h3-8,15H,9-14H2,1-2H3,(H2,22,23,25). The summed E-state index contributed by atoms with van der Waals surface area (Å²) in [5.41, 5.74) is 3.84. The topological polar surface area (TPSA) is 62.8 Å². The predicted octanol–water partition coefficient (Wildman–Crippen LogP) is 3.66. The first-order chi connectivity index (χ1) is 13.1. The van der Waals surface area contributed by atoms with Crippen molar-refractivity contribution in [3.05, 3.63) is 53.6 Å². The van der Waals surface area contributed by atoms with Crippen LogP contribution in [0.5, 0.6) is 5.75 Å². The highest BCUT2D eigenvalue weighted by Crippen LogP contribution is 2.17. The van der Waals surface area contributed by atoms with Crippen LogP contribution in [0, 0.1) is 13.8 Å². The Morgan fingerprint density at radius 2 is 1.67 bits per heavy atom. The third-order valence-corrected chi connectivity index (χ3v) is 4.66. The fourth-order valence-electron chi connectivity index (χ4n) is 2.86. The second-order valence-corrected chi connectivity index (χ2v) is 6.71. The number of benzene rings is 2. The average molecular weight is 369 g/mol. The molecule has 27 heavy (non-hydrogen) atoms. The van der Waals surface area contributed by atoms with Crippen LogP contribution in [0.3, 0.4) is 0 Å². The second kappa shape index (κ2) is 9.39. The quantitative estimate of drug-likeness (QED) is 0.816. The van der Waals surface area contributed by atoms with Gasteiger partial charge in [-0.1, -0.05) is 6.07 Å². The fourth-order valence-corrected chi connectivity index (χ4v) is 2.86. The van der Waals surface area contributed by atoms with Crippen LogP contribution in [0.4, 0.5) is 16.2 Å². The number of aryl methyl sites for hydroxylation is 2. The van der Waals surface area contributed by atoms with E-state index in [1.165, 1.54) is 5.56 Å². The van der Waals surface area contributed by atoms with Gasteiger partial charge in [0.15, 0.2) is 0 Å². The molecule has 1 aliphatic heterocycles. The Kier molecular flexibility index (Phi) is 6.68. The highest BCUT2D eigenvalue weighted by Gasteiger charge is 2.10. The molecule has 1 fully saturated rings. The molecule has 0 aromatic heterocycles. The molecule has 0 spiro atoms. The third kappa shape index (κ3) is 5.98. The van der Waals surface area contributed by atoms with E-state index in [0.717, 1.165) is 55.5 Å². The lowest BCUT2D eigenvalue weighted by Crippen LogP contribution is -2.38. The summed E-state index contributed by atoms with van der Waals surface area (Å²) in [6.07, 6.45) is 0. The van der Waals surface area contributed by atoms with Crippen molar-refractivity contribution in [1.29, 1.82) is 0 Å². The second-order valence-electron chi connectivity index (χ2n) is 6.71. The Hall–Kier alpha value is -2.57. The average Bonchev–Trinajstić information content (AvgIpc) is 2.67. The van der Waals surface area contributed by atoms with E-state index >= 15 is 0 Å². The first-order valence-electron chi connectivity index (χ1n) is 9.28. The van der Waals surface area contributed by atoms with Crippen LogP contribution in [-0.2, 0) is 4.74 Å². The van der Waals surface area contributed by atoms with Gasteiger partial charge in [0.05, 0.1) is 13.2 Å². The summed E-state index contributed by atoms with van der Waals surface area (Å²) in [5.74, 6) is 0.795. The number of morpholine rings is 1. The number of ether oxygens (including phenoxy) is 2. The molecule has 144 valence electrons. The summed E-state index contributed by atoms with van der Waals surface area (Å²) in [6.45, 7) is 9.11. The van der Waals surface area contributed by atoms with Crippen LogP contribution in [0.1, 0.15) is 11.1 Å². The van der Waals surface area contributed by atoms with Gasteiger partial charge >= 0.3 is 6.03 Å². The number of anilines is 2. The maximum atomic E-state index is 12.1. The molecular weight excluding hydrogens is 342 g/mol. The van der Waals surface area contributed by atoms with Gasteiger partial charge in [-0.15, -0.1) is 0 Å². The van der Waals surface area contributed by atoms with E-state index < -0.39 is 0 Å². The number of hydrogen-bond acceptors (Lipinski definition) is 4. The zero-order valence-electron chi connectivity index (χ0n) is 16.0. The largest absolute Gasteiger partial charge is 0.492 e. The van der Waals surface area contributed by atoms with E-state index in [2.05, 4.69) is 15.5 Å². The predicted molar refractivity (Wildman–Crippen MR) is 108 cm³/mol. The zero-order chi connectivity index (χ0) is 19.1. The molecule has 3 rings (SSSR count). The van der Waals surface area contributed by atoms with Crippen molar-refractivity contribution in [3.63, 3.8) is 0 Å². The molecule has 2 N–H and O–H groups in total. The normalized spacial score (nSPS) is 14.6. The molecule has 1 saturated heterocycles. The lowest BCUT2D eigenvalue weighted by Gasteiger charge is -2.26. The van der Waals surface area contributed by atoms with E-state index in [1.807, 2.05) is 56.3 Å². The van der Waals surface area contributed by atoms with E-state index in [0.29, 0.717) is 6.61 Å². The van der Waals surface area contributed by atoms with Crippen LogP contribution in [0.15, 0.2) is 42.5 Å². The van der Waals surface area contributed by atoms with E-state index in [9.17, 15) is 4.79 Å². The summed E-state index contributed by atoms with van der Waals surface area (Å²) in [4.78, 5) is 14.5. The van der Waals surface area contributed by atoms with Gasteiger partial charge < -0.3 is 20.1 Å². The number of nitrogens with zero attached hydrogens (tertiary/aromatic N) is 1. The van der Waals surface area contributed by atoms with E-state index in [-0.39, 0.29) is 6.03 Å². The lowest BCUT2D eigenvalue weighted by molar-refractivity contribution is 0.0322. The minimum atomic E-state index is -0.265. The molecular formula is C21H27N3O3. The molecule has 6 nitrogen and oxygen atoms in total. The van der Waals surface area contributed by atoms with E-state index in [1.54, 1.807) is 0 Å². The first-order valence-corrected chi connectivity index (χ1v) is 9.28. The maximum absolute atomic E-state index is 12.1. The minimum absolute atomic E-state index is 0.265. The Morgan fingerprint density at radius 1 is 1.00 bits per heavy atom. The number of hydrogen-bond donors (Lipinski definition) is 2. The van der Waals surface area contributed by atoms with Gasteiger partial charge in [0, 0.05) is 31.0 Å². The molecule has 0 radical (unpaired) electrons. The van der Waals surface area contributed by atoms with Crippen molar-refractivity contribution < 1.29 is 14.3 Å². The van der Waals surface area contributed by atoms with Gasteiger partial charge in [-0.2, -0.15) is 0 Å². The number of carbonyl (C=O) groups is 1. The zero-order valence-corrected chi connectivity index (χ0v) is 16.0.